The van der Waals surface area contributed by atoms with Crippen molar-refractivity contribution in [2.24, 2.45) is 28.9 Å². The number of amides is 3. The Labute approximate surface area is 188 Å². The SMILES string of the molecule is CCOC(=O)Nc1ccc(OC(C)(C)C(=O)NC2C3CC4CC2CC(C(N)=O)(C4)C3)cc1. The molecule has 0 spiro atoms. The third-order valence-corrected chi connectivity index (χ3v) is 7.39. The molecule has 0 aliphatic heterocycles. The summed E-state index contributed by atoms with van der Waals surface area (Å²) in [5, 5.41) is 5.86. The molecule has 0 saturated heterocycles. The molecule has 8 heteroatoms. The van der Waals surface area contributed by atoms with Crippen molar-refractivity contribution >= 4 is 23.6 Å². The van der Waals surface area contributed by atoms with E-state index in [1.807, 2.05) is 0 Å². The zero-order chi connectivity index (χ0) is 23.1. The van der Waals surface area contributed by atoms with Crippen molar-refractivity contribution in [2.75, 3.05) is 11.9 Å². The number of carbonyl (C=O) groups excluding carboxylic acids is 3. The molecule has 2 atom stereocenters. The first-order valence-corrected chi connectivity index (χ1v) is 11.5. The van der Waals surface area contributed by atoms with Crippen LogP contribution in [0.3, 0.4) is 0 Å². The second kappa shape index (κ2) is 8.30. The molecular formula is C24H33N3O5. The van der Waals surface area contributed by atoms with Crippen molar-refractivity contribution in [2.45, 2.75) is 64.5 Å². The average Bonchev–Trinajstić information content (AvgIpc) is 2.71. The number of nitrogens with one attached hydrogen (secondary N) is 2. The number of nitrogens with two attached hydrogens (primary N) is 1. The molecule has 1 aromatic carbocycles. The summed E-state index contributed by atoms with van der Waals surface area (Å²) in [6.07, 6.45) is 4.03. The quantitative estimate of drug-likeness (QED) is 0.598. The molecule has 1 aromatic rings. The zero-order valence-electron chi connectivity index (χ0n) is 19.0. The summed E-state index contributed by atoms with van der Waals surface area (Å²) in [4.78, 5) is 36.8. The number of hydrogen-bond donors (Lipinski definition) is 3. The molecule has 174 valence electrons. The van der Waals surface area contributed by atoms with Gasteiger partial charge in [0.25, 0.3) is 5.91 Å². The van der Waals surface area contributed by atoms with Crippen molar-refractivity contribution < 1.29 is 23.9 Å². The minimum Gasteiger partial charge on any atom is -0.478 e. The fourth-order valence-corrected chi connectivity index (χ4v) is 6.12. The number of primary amides is 1. The molecule has 4 aliphatic rings. The molecule has 5 rings (SSSR count). The lowest BCUT2D eigenvalue weighted by Gasteiger charge is -2.59. The first-order chi connectivity index (χ1) is 15.1. The molecule has 2 unspecified atom stereocenters. The molecule has 32 heavy (non-hydrogen) atoms. The van der Waals surface area contributed by atoms with Crippen LogP contribution in [0, 0.1) is 23.2 Å². The van der Waals surface area contributed by atoms with E-state index < -0.39 is 11.7 Å². The van der Waals surface area contributed by atoms with Crippen LogP contribution in [-0.4, -0.2) is 36.2 Å². The number of rotatable bonds is 7. The summed E-state index contributed by atoms with van der Waals surface area (Å²) < 4.78 is 10.9. The third kappa shape index (κ3) is 4.27. The van der Waals surface area contributed by atoms with E-state index in [2.05, 4.69) is 10.6 Å². The third-order valence-electron chi connectivity index (χ3n) is 7.39. The summed E-state index contributed by atoms with van der Waals surface area (Å²) in [6, 6.07) is 6.86. The van der Waals surface area contributed by atoms with Crippen LogP contribution >= 0.6 is 0 Å². The Bertz CT molecular complexity index is 881. The summed E-state index contributed by atoms with van der Waals surface area (Å²) in [6.45, 7) is 5.52. The highest BCUT2D eigenvalue weighted by Crippen LogP contribution is 2.59. The topological polar surface area (TPSA) is 120 Å². The maximum absolute atomic E-state index is 13.2. The van der Waals surface area contributed by atoms with Crippen LogP contribution in [0.15, 0.2) is 24.3 Å². The van der Waals surface area contributed by atoms with Gasteiger partial charge in [-0.3, -0.25) is 14.9 Å². The van der Waals surface area contributed by atoms with Crippen molar-refractivity contribution in [3.05, 3.63) is 24.3 Å². The van der Waals surface area contributed by atoms with Gasteiger partial charge in [-0.05, 0) is 94.9 Å². The Kier molecular flexibility index (Phi) is 5.81. The van der Waals surface area contributed by atoms with Crippen molar-refractivity contribution in [3.63, 3.8) is 0 Å². The van der Waals surface area contributed by atoms with Crippen molar-refractivity contribution in [3.8, 4) is 5.75 Å². The van der Waals surface area contributed by atoms with Gasteiger partial charge < -0.3 is 20.5 Å². The Morgan fingerprint density at radius 3 is 2.28 bits per heavy atom. The van der Waals surface area contributed by atoms with E-state index in [0.717, 1.165) is 32.1 Å². The summed E-state index contributed by atoms with van der Waals surface area (Å²) in [7, 11) is 0. The number of hydrogen-bond acceptors (Lipinski definition) is 5. The number of carbonyl (C=O) groups is 3. The van der Waals surface area contributed by atoms with Gasteiger partial charge in [0.05, 0.1) is 6.61 Å². The molecule has 4 bridgehead atoms. The highest BCUT2D eigenvalue weighted by Gasteiger charge is 2.58. The predicted molar refractivity (Wildman–Crippen MR) is 119 cm³/mol. The number of benzene rings is 1. The van der Waals surface area contributed by atoms with Gasteiger partial charge in [0.1, 0.15) is 5.75 Å². The van der Waals surface area contributed by atoms with E-state index in [1.54, 1.807) is 45.0 Å². The Hall–Kier alpha value is -2.77. The van der Waals surface area contributed by atoms with E-state index in [0.29, 0.717) is 35.8 Å². The standard InChI is InChI=1S/C24H33N3O5/c1-4-31-22(30)26-17-5-7-18(8-6-17)32-23(2,3)21(29)27-19-15-9-14-10-16(19)13-24(11-14,12-15)20(25)28/h5-8,14-16,19H,4,9-13H2,1-3H3,(H2,25,28)(H,26,30)(H,27,29). The van der Waals surface area contributed by atoms with E-state index in [1.165, 1.54) is 0 Å². The average molecular weight is 444 g/mol. The molecule has 4 fully saturated rings. The van der Waals surface area contributed by atoms with Gasteiger partial charge in [0.2, 0.25) is 5.91 Å². The van der Waals surface area contributed by atoms with Crippen LogP contribution in [0.25, 0.3) is 0 Å². The lowest BCUT2D eigenvalue weighted by molar-refractivity contribution is -0.150. The van der Waals surface area contributed by atoms with Crippen molar-refractivity contribution in [1.29, 1.82) is 0 Å². The van der Waals surface area contributed by atoms with Crippen LogP contribution in [0.5, 0.6) is 5.75 Å². The molecule has 0 heterocycles. The molecular weight excluding hydrogens is 410 g/mol. The lowest BCUT2D eigenvalue weighted by Crippen LogP contribution is -2.63. The van der Waals surface area contributed by atoms with E-state index >= 15 is 0 Å². The minimum atomic E-state index is -1.08. The van der Waals surface area contributed by atoms with Gasteiger partial charge >= 0.3 is 6.09 Å². The second-order valence-corrected chi connectivity index (χ2v) is 10.1. The highest BCUT2D eigenvalue weighted by atomic mass is 16.5. The Balaban J connectivity index is 1.37. The minimum absolute atomic E-state index is 0.0607. The van der Waals surface area contributed by atoms with E-state index in [9.17, 15) is 14.4 Å². The maximum Gasteiger partial charge on any atom is 0.411 e. The zero-order valence-corrected chi connectivity index (χ0v) is 19.0. The number of ether oxygens (including phenoxy) is 2. The fraction of sp³-hybridized carbons (Fsp3) is 0.625. The highest BCUT2D eigenvalue weighted by molar-refractivity contribution is 5.86. The molecule has 0 radical (unpaired) electrons. The maximum atomic E-state index is 13.2. The van der Waals surface area contributed by atoms with Gasteiger partial charge in [0, 0.05) is 17.1 Å². The van der Waals surface area contributed by atoms with Crippen molar-refractivity contribution in [1.82, 2.24) is 5.32 Å². The molecule has 4 aliphatic carbocycles. The summed E-state index contributed by atoms with van der Waals surface area (Å²) in [5.74, 6) is 1.31. The molecule has 3 amide bonds. The van der Waals surface area contributed by atoms with Gasteiger partial charge in [-0.2, -0.15) is 0 Å². The van der Waals surface area contributed by atoms with Crippen LogP contribution in [0.1, 0.15) is 52.9 Å². The smallest absolute Gasteiger partial charge is 0.411 e. The van der Waals surface area contributed by atoms with Gasteiger partial charge in [0.15, 0.2) is 5.60 Å². The number of anilines is 1. The fourth-order valence-electron chi connectivity index (χ4n) is 6.12. The monoisotopic (exact) mass is 443 g/mol. The van der Waals surface area contributed by atoms with Gasteiger partial charge in [-0.25, -0.2) is 4.79 Å². The molecule has 4 N–H and O–H groups in total. The largest absolute Gasteiger partial charge is 0.478 e. The van der Waals surface area contributed by atoms with Crippen LogP contribution in [0.2, 0.25) is 0 Å². The Morgan fingerprint density at radius 2 is 1.72 bits per heavy atom. The van der Waals surface area contributed by atoms with Gasteiger partial charge in [-0.15, -0.1) is 0 Å². The van der Waals surface area contributed by atoms with Crippen LogP contribution < -0.4 is 21.1 Å². The second-order valence-electron chi connectivity index (χ2n) is 10.1. The molecule has 4 saturated carbocycles. The Morgan fingerprint density at radius 1 is 1.09 bits per heavy atom. The normalized spacial score (nSPS) is 30.5. The lowest BCUT2D eigenvalue weighted by atomic mass is 9.47. The predicted octanol–water partition coefficient (Wildman–Crippen LogP) is 3.21. The van der Waals surface area contributed by atoms with Gasteiger partial charge in [-0.1, -0.05) is 0 Å². The molecule has 8 nitrogen and oxygen atoms in total. The van der Waals surface area contributed by atoms with Crippen LogP contribution in [-0.2, 0) is 14.3 Å². The van der Waals surface area contributed by atoms with Crippen LogP contribution in [0.4, 0.5) is 10.5 Å². The summed E-state index contributed by atoms with van der Waals surface area (Å²) in [5.41, 5.74) is 4.90. The summed E-state index contributed by atoms with van der Waals surface area (Å²) >= 11 is 0. The van der Waals surface area contributed by atoms with E-state index in [4.69, 9.17) is 15.2 Å². The molecule has 0 aromatic heterocycles. The van der Waals surface area contributed by atoms with E-state index in [-0.39, 0.29) is 23.3 Å². The first kappa shape index (κ1) is 22.4. The first-order valence-electron chi connectivity index (χ1n) is 11.5.